The maximum absolute atomic E-state index is 11.8. The van der Waals surface area contributed by atoms with Crippen molar-refractivity contribution in [3.05, 3.63) is 30.3 Å². The Bertz CT molecular complexity index is 427. The number of carbonyl (C=O) groups excluding carboxylic acids is 1. The molecule has 0 aliphatic carbocycles. The van der Waals surface area contributed by atoms with Crippen LogP contribution in [0.4, 0.5) is 0 Å². The Morgan fingerprint density at radius 2 is 2.24 bits per heavy atom. The lowest BCUT2D eigenvalue weighted by molar-refractivity contribution is -0.124. The van der Waals surface area contributed by atoms with Crippen molar-refractivity contribution in [3.8, 4) is 5.75 Å². The number of hydrogen-bond acceptors (Lipinski definition) is 5. The van der Waals surface area contributed by atoms with Gasteiger partial charge in [0.15, 0.2) is 0 Å². The zero-order chi connectivity index (χ0) is 14.9. The number of ether oxygens (including phenoxy) is 2. The van der Waals surface area contributed by atoms with Crippen molar-refractivity contribution in [2.45, 2.75) is 6.10 Å². The van der Waals surface area contributed by atoms with Crippen molar-refractivity contribution < 1.29 is 14.3 Å². The molecule has 1 aromatic carbocycles. The van der Waals surface area contributed by atoms with E-state index in [9.17, 15) is 4.79 Å². The molecular weight excluding hydrogens is 270 g/mol. The van der Waals surface area contributed by atoms with Gasteiger partial charge < -0.3 is 20.5 Å². The second-order valence-corrected chi connectivity index (χ2v) is 4.98. The highest BCUT2D eigenvalue weighted by Gasteiger charge is 2.20. The van der Waals surface area contributed by atoms with E-state index in [0.29, 0.717) is 39.4 Å². The monoisotopic (exact) mass is 293 g/mol. The Kier molecular flexibility index (Phi) is 6.46. The molecule has 1 aromatic rings. The number of rotatable bonds is 7. The zero-order valence-electron chi connectivity index (χ0n) is 12.2. The Hall–Kier alpha value is -1.63. The van der Waals surface area contributed by atoms with Crippen LogP contribution in [-0.2, 0) is 9.53 Å². The number of nitrogens with one attached hydrogen (secondary N) is 1. The molecule has 1 amide bonds. The summed E-state index contributed by atoms with van der Waals surface area (Å²) in [6, 6.07) is 9.55. The molecule has 0 radical (unpaired) electrons. The van der Waals surface area contributed by atoms with Gasteiger partial charge in [-0.25, -0.2) is 0 Å². The largest absolute Gasteiger partial charge is 0.492 e. The first-order valence-corrected chi connectivity index (χ1v) is 7.26. The summed E-state index contributed by atoms with van der Waals surface area (Å²) in [6.45, 7) is 3.94. The maximum Gasteiger partial charge on any atom is 0.234 e. The molecule has 1 aliphatic rings. The van der Waals surface area contributed by atoms with Crippen molar-refractivity contribution in [1.29, 1.82) is 0 Å². The third kappa shape index (κ3) is 5.71. The molecule has 1 fully saturated rings. The Morgan fingerprint density at radius 3 is 3.00 bits per heavy atom. The van der Waals surface area contributed by atoms with Crippen molar-refractivity contribution in [2.24, 2.45) is 5.73 Å². The minimum Gasteiger partial charge on any atom is -0.492 e. The van der Waals surface area contributed by atoms with E-state index < -0.39 is 0 Å². The highest BCUT2D eigenvalue weighted by Crippen LogP contribution is 2.07. The number of nitrogens with two attached hydrogens (primary N) is 1. The van der Waals surface area contributed by atoms with Crippen molar-refractivity contribution in [2.75, 3.05) is 45.9 Å². The standard InChI is InChI=1S/C15H23N3O3/c16-10-14-11-18(7-9-21-14)12-15(19)17-6-8-20-13-4-2-1-3-5-13/h1-5,14H,6-12,16H2,(H,17,19). The number of para-hydroxylation sites is 1. The van der Waals surface area contributed by atoms with Crippen LogP contribution in [0.5, 0.6) is 5.75 Å². The van der Waals surface area contributed by atoms with Gasteiger partial charge in [-0.1, -0.05) is 18.2 Å². The molecule has 1 atom stereocenters. The van der Waals surface area contributed by atoms with Gasteiger partial charge in [0, 0.05) is 19.6 Å². The van der Waals surface area contributed by atoms with Gasteiger partial charge in [0.25, 0.3) is 0 Å². The molecule has 116 valence electrons. The Labute approximate surface area is 125 Å². The summed E-state index contributed by atoms with van der Waals surface area (Å²) in [6.07, 6.45) is 0.0352. The lowest BCUT2D eigenvalue weighted by Gasteiger charge is -2.31. The fourth-order valence-electron chi connectivity index (χ4n) is 2.20. The van der Waals surface area contributed by atoms with Crippen LogP contribution >= 0.6 is 0 Å². The van der Waals surface area contributed by atoms with E-state index in [-0.39, 0.29) is 12.0 Å². The van der Waals surface area contributed by atoms with Crippen LogP contribution in [0.3, 0.4) is 0 Å². The van der Waals surface area contributed by atoms with E-state index in [1.165, 1.54) is 0 Å². The lowest BCUT2D eigenvalue weighted by Crippen LogP contribution is -2.49. The molecule has 2 rings (SSSR count). The SMILES string of the molecule is NCC1CN(CC(=O)NCCOc2ccccc2)CCO1. The second kappa shape index (κ2) is 8.61. The predicted octanol–water partition coefficient (Wildman–Crippen LogP) is -0.159. The van der Waals surface area contributed by atoms with E-state index in [4.69, 9.17) is 15.2 Å². The molecule has 1 saturated heterocycles. The molecular formula is C15H23N3O3. The lowest BCUT2D eigenvalue weighted by atomic mass is 10.2. The van der Waals surface area contributed by atoms with Gasteiger partial charge in [-0.15, -0.1) is 0 Å². The molecule has 1 heterocycles. The Morgan fingerprint density at radius 1 is 1.43 bits per heavy atom. The topological polar surface area (TPSA) is 76.8 Å². The minimum absolute atomic E-state index is 0.00401. The molecule has 3 N–H and O–H groups in total. The first-order chi connectivity index (χ1) is 10.3. The van der Waals surface area contributed by atoms with Gasteiger partial charge in [-0.2, -0.15) is 0 Å². The second-order valence-electron chi connectivity index (χ2n) is 4.98. The first-order valence-electron chi connectivity index (χ1n) is 7.26. The fraction of sp³-hybridized carbons (Fsp3) is 0.533. The van der Waals surface area contributed by atoms with Crippen LogP contribution in [0, 0.1) is 0 Å². The zero-order valence-corrected chi connectivity index (χ0v) is 12.2. The molecule has 1 aliphatic heterocycles. The third-order valence-corrected chi connectivity index (χ3v) is 3.29. The first kappa shape index (κ1) is 15.8. The molecule has 6 nitrogen and oxygen atoms in total. The highest BCUT2D eigenvalue weighted by atomic mass is 16.5. The van der Waals surface area contributed by atoms with E-state index in [2.05, 4.69) is 10.2 Å². The van der Waals surface area contributed by atoms with Crippen LogP contribution in [0.25, 0.3) is 0 Å². The average Bonchev–Trinajstić information content (AvgIpc) is 2.53. The van der Waals surface area contributed by atoms with Gasteiger partial charge in [-0.3, -0.25) is 9.69 Å². The molecule has 0 saturated carbocycles. The van der Waals surface area contributed by atoms with E-state index in [1.807, 2.05) is 30.3 Å². The molecule has 1 unspecified atom stereocenters. The van der Waals surface area contributed by atoms with Crippen molar-refractivity contribution in [3.63, 3.8) is 0 Å². The molecule has 0 spiro atoms. The number of hydrogen-bond donors (Lipinski definition) is 2. The summed E-state index contributed by atoms with van der Waals surface area (Å²) in [5.41, 5.74) is 5.58. The maximum atomic E-state index is 11.8. The number of nitrogens with zero attached hydrogens (tertiary/aromatic N) is 1. The van der Waals surface area contributed by atoms with Crippen LogP contribution in [0.2, 0.25) is 0 Å². The van der Waals surface area contributed by atoms with Crippen LogP contribution in [-0.4, -0.2) is 62.8 Å². The van der Waals surface area contributed by atoms with Gasteiger partial charge >= 0.3 is 0 Å². The fourth-order valence-corrected chi connectivity index (χ4v) is 2.20. The summed E-state index contributed by atoms with van der Waals surface area (Å²) in [5, 5.41) is 2.86. The van der Waals surface area contributed by atoms with Crippen LogP contribution in [0.1, 0.15) is 0 Å². The summed E-state index contributed by atoms with van der Waals surface area (Å²) >= 11 is 0. The summed E-state index contributed by atoms with van der Waals surface area (Å²) in [5.74, 6) is 0.815. The van der Waals surface area contributed by atoms with E-state index in [0.717, 1.165) is 12.3 Å². The van der Waals surface area contributed by atoms with Crippen molar-refractivity contribution in [1.82, 2.24) is 10.2 Å². The van der Waals surface area contributed by atoms with Gasteiger partial charge in [0.2, 0.25) is 5.91 Å². The average molecular weight is 293 g/mol. The van der Waals surface area contributed by atoms with Gasteiger partial charge in [0.05, 0.1) is 25.8 Å². The molecule has 0 aromatic heterocycles. The molecule has 21 heavy (non-hydrogen) atoms. The minimum atomic E-state index is 0.00401. The van der Waals surface area contributed by atoms with Crippen LogP contribution < -0.4 is 15.8 Å². The van der Waals surface area contributed by atoms with Crippen molar-refractivity contribution >= 4 is 5.91 Å². The summed E-state index contributed by atoms with van der Waals surface area (Å²) in [7, 11) is 0. The summed E-state index contributed by atoms with van der Waals surface area (Å²) in [4.78, 5) is 13.9. The highest BCUT2D eigenvalue weighted by molar-refractivity contribution is 5.78. The number of carbonyl (C=O) groups is 1. The number of benzene rings is 1. The molecule has 0 bridgehead atoms. The number of morpholine rings is 1. The van der Waals surface area contributed by atoms with E-state index >= 15 is 0 Å². The number of amides is 1. The van der Waals surface area contributed by atoms with Gasteiger partial charge in [-0.05, 0) is 12.1 Å². The summed E-state index contributed by atoms with van der Waals surface area (Å²) < 4.78 is 11.0. The quantitative estimate of drug-likeness (QED) is 0.683. The van der Waals surface area contributed by atoms with E-state index in [1.54, 1.807) is 0 Å². The molecule has 6 heteroatoms. The van der Waals surface area contributed by atoms with Gasteiger partial charge in [0.1, 0.15) is 12.4 Å². The Balaban J connectivity index is 1.59. The normalized spacial score (nSPS) is 19.2. The van der Waals surface area contributed by atoms with Crippen LogP contribution in [0.15, 0.2) is 30.3 Å². The smallest absolute Gasteiger partial charge is 0.234 e. The third-order valence-electron chi connectivity index (χ3n) is 3.29. The predicted molar refractivity (Wildman–Crippen MR) is 80.2 cm³/mol.